The van der Waals surface area contributed by atoms with Crippen LogP contribution in [-0.2, 0) is 6.42 Å². The highest BCUT2D eigenvalue weighted by molar-refractivity contribution is 9.10. The van der Waals surface area contributed by atoms with Gasteiger partial charge in [-0.05, 0) is 52.2 Å². The summed E-state index contributed by atoms with van der Waals surface area (Å²) in [6.07, 6.45) is 0.442. The summed E-state index contributed by atoms with van der Waals surface area (Å²) in [6, 6.07) is 9.93. The van der Waals surface area contributed by atoms with E-state index in [2.05, 4.69) is 15.9 Å². The average molecular weight is 359 g/mol. The van der Waals surface area contributed by atoms with Gasteiger partial charge in [0.2, 0.25) is 0 Å². The van der Waals surface area contributed by atoms with Gasteiger partial charge in [-0.2, -0.15) is 0 Å². The van der Waals surface area contributed by atoms with Crippen molar-refractivity contribution in [2.75, 3.05) is 7.11 Å². The van der Waals surface area contributed by atoms with E-state index in [1.165, 1.54) is 0 Å². The largest absolute Gasteiger partial charge is 0.496 e. The molecule has 2 rings (SSSR count). The number of methoxy groups -OCH3 is 1. The number of hydrogen-bond donors (Lipinski definition) is 1. The summed E-state index contributed by atoms with van der Waals surface area (Å²) in [5, 5.41) is 0.600. The maximum absolute atomic E-state index is 14.0. The van der Waals surface area contributed by atoms with Crippen LogP contribution in [0.15, 0.2) is 40.9 Å². The number of benzene rings is 2. The Morgan fingerprint density at radius 3 is 2.80 bits per heavy atom. The van der Waals surface area contributed by atoms with Crippen LogP contribution in [0.1, 0.15) is 17.2 Å². The zero-order chi connectivity index (χ0) is 14.7. The molecule has 2 N–H and O–H groups in total. The van der Waals surface area contributed by atoms with Gasteiger partial charge >= 0.3 is 0 Å². The summed E-state index contributed by atoms with van der Waals surface area (Å²) < 4.78 is 19.7. The predicted molar refractivity (Wildman–Crippen MR) is 82.7 cm³/mol. The van der Waals surface area contributed by atoms with Gasteiger partial charge in [0.05, 0.1) is 11.6 Å². The Labute approximate surface area is 130 Å². The maximum Gasteiger partial charge on any atom is 0.142 e. The minimum Gasteiger partial charge on any atom is -0.496 e. The van der Waals surface area contributed by atoms with Gasteiger partial charge in [0.25, 0.3) is 0 Å². The Hall–Kier alpha value is -1.10. The van der Waals surface area contributed by atoms with Gasteiger partial charge in [-0.15, -0.1) is 0 Å². The van der Waals surface area contributed by atoms with Crippen molar-refractivity contribution in [2.45, 2.75) is 12.5 Å². The van der Waals surface area contributed by atoms with Crippen molar-refractivity contribution < 1.29 is 9.13 Å². The highest BCUT2D eigenvalue weighted by Crippen LogP contribution is 2.29. The van der Waals surface area contributed by atoms with Crippen LogP contribution in [0.25, 0.3) is 0 Å². The number of ether oxygens (including phenoxy) is 1. The minimum atomic E-state index is -0.472. The lowest BCUT2D eigenvalue weighted by molar-refractivity contribution is 0.408. The Bertz CT molecular complexity index is 621. The molecule has 0 saturated heterocycles. The summed E-state index contributed by atoms with van der Waals surface area (Å²) in [4.78, 5) is 0. The topological polar surface area (TPSA) is 35.2 Å². The first kappa shape index (κ1) is 15.3. The van der Waals surface area contributed by atoms with Crippen LogP contribution in [0.5, 0.6) is 5.75 Å². The van der Waals surface area contributed by atoms with E-state index < -0.39 is 6.04 Å². The molecular weight excluding hydrogens is 345 g/mol. The lowest BCUT2D eigenvalue weighted by Gasteiger charge is -2.16. The van der Waals surface area contributed by atoms with E-state index in [1.807, 2.05) is 0 Å². The molecule has 0 aliphatic carbocycles. The van der Waals surface area contributed by atoms with Gasteiger partial charge in [0.15, 0.2) is 0 Å². The Morgan fingerprint density at radius 2 is 2.10 bits per heavy atom. The average Bonchev–Trinajstić information content (AvgIpc) is 2.42. The van der Waals surface area contributed by atoms with Gasteiger partial charge in [0.1, 0.15) is 11.6 Å². The summed E-state index contributed by atoms with van der Waals surface area (Å²) in [7, 11) is 1.58. The zero-order valence-corrected chi connectivity index (χ0v) is 13.2. The molecule has 0 heterocycles. The third kappa shape index (κ3) is 3.32. The van der Waals surface area contributed by atoms with E-state index in [4.69, 9.17) is 22.1 Å². The summed E-state index contributed by atoms with van der Waals surface area (Å²) in [6.45, 7) is 0. The zero-order valence-electron chi connectivity index (χ0n) is 10.9. The standard InChI is InChI=1S/C15H14BrClFNO/c1-20-14-6-5-10(17)7-9(14)8-13(19)11-3-2-4-12(16)15(11)18/h2-7,13H,8,19H2,1H3. The van der Waals surface area contributed by atoms with E-state index in [0.29, 0.717) is 27.2 Å². The Kier molecular flexibility index (Phi) is 5.02. The fraction of sp³-hybridized carbons (Fsp3) is 0.200. The van der Waals surface area contributed by atoms with E-state index >= 15 is 0 Å². The van der Waals surface area contributed by atoms with Crippen LogP contribution in [0, 0.1) is 5.82 Å². The summed E-state index contributed by atoms with van der Waals surface area (Å²) in [5.41, 5.74) is 7.42. The molecule has 1 atom stereocenters. The van der Waals surface area contributed by atoms with E-state index in [1.54, 1.807) is 43.5 Å². The van der Waals surface area contributed by atoms with E-state index in [9.17, 15) is 4.39 Å². The number of halogens is 3. The van der Waals surface area contributed by atoms with Crippen molar-refractivity contribution in [1.29, 1.82) is 0 Å². The number of hydrogen-bond acceptors (Lipinski definition) is 2. The van der Waals surface area contributed by atoms with Crippen molar-refractivity contribution in [2.24, 2.45) is 5.73 Å². The molecule has 2 nitrogen and oxygen atoms in total. The molecule has 1 unspecified atom stereocenters. The molecule has 2 aromatic carbocycles. The van der Waals surface area contributed by atoms with Crippen LogP contribution in [-0.4, -0.2) is 7.11 Å². The SMILES string of the molecule is COc1ccc(Cl)cc1CC(N)c1cccc(Br)c1F. The minimum absolute atomic E-state index is 0.332. The Morgan fingerprint density at radius 1 is 1.35 bits per heavy atom. The van der Waals surface area contributed by atoms with Crippen LogP contribution in [0.3, 0.4) is 0 Å². The summed E-state index contributed by atoms with van der Waals surface area (Å²) >= 11 is 9.14. The second-order valence-corrected chi connectivity index (χ2v) is 5.70. The molecule has 0 aromatic heterocycles. The third-order valence-corrected chi connectivity index (χ3v) is 3.91. The molecule has 2 aromatic rings. The normalized spacial score (nSPS) is 12.2. The molecule has 0 aliphatic heterocycles. The molecule has 0 amide bonds. The molecule has 0 spiro atoms. The van der Waals surface area contributed by atoms with Crippen LogP contribution >= 0.6 is 27.5 Å². The van der Waals surface area contributed by atoms with Gasteiger partial charge in [-0.1, -0.05) is 23.7 Å². The molecule has 0 saturated carbocycles. The van der Waals surface area contributed by atoms with E-state index in [0.717, 1.165) is 5.56 Å². The van der Waals surface area contributed by atoms with Crippen LogP contribution < -0.4 is 10.5 Å². The monoisotopic (exact) mass is 357 g/mol. The van der Waals surface area contributed by atoms with Crippen molar-refractivity contribution in [1.82, 2.24) is 0 Å². The lowest BCUT2D eigenvalue weighted by Crippen LogP contribution is -2.15. The fourth-order valence-electron chi connectivity index (χ4n) is 2.06. The van der Waals surface area contributed by atoms with Crippen molar-refractivity contribution in [3.05, 3.63) is 62.8 Å². The van der Waals surface area contributed by atoms with Crippen molar-refractivity contribution in [3.8, 4) is 5.75 Å². The molecule has 0 fully saturated rings. The van der Waals surface area contributed by atoms with Crippen molar-refractivity contribution >= 4 is 27.5 Å². The second-order valence-electron chi connectivity index (χ2n) is 4.41. The molecule has 20 heavy (non-hydrogen) atoms. The second kappa shape index (κ2) is 6.57. The number of nitrogens with two attached hydrogens (primary N) is 1. The third-order valence-electron chi connectivity index (χ3n) is 3.06. The smallest absolute Gasteiger partial charge is 0.142 e. The molecule has 0 bridgehead atoms. The maximum atomic E-state index is 14.0. The Balaban J connectivity index is 2.30. The first-order chi connectivity index (χ1) is 9.52. The molecule has 0 radical (unpaired) electrons. The predicted octanol–water partition coefficient (Wildman–Crippen LogP) is 4.49. The summed E-state index contributed by atoms with van der Waals surface area (Å²) in [5.74, 6) is 0.362. The van der Waals surface area contributed by atoms with Gasteiger partial charge in [0, 0.05) is 16.6 Å². The first-order valence-corrected chi connectivity index (χ1v) is 7.22. The molecule has 5 heteroatoms. The molecule has 0 aliphatic rings. The fourth-order valence-corrected chi connectivity index (χ4v) is 2.64. The lowest BCUT2D eigenvalue weighted by atomic mass is 9.98. The van der Waals surface area contributed by atoms with E-state index in [-0.39, 0.29) is 5.82 Å². The van der Waals surface area contributed by atoms with Crippen LogP contribution in [0.4, 0.5) is 4.39 Å². The van der Waals surface area contributed by atoms with Gasteiger partial charge in [-0.3, -0.25) is 0 Å². The van der Waals surface area contributed by atoms with Crippen molar-refractivity contribution in [3.63, 3.8) is 0 Å². The highest BCUT2D eigenvalue weighted by Gasteiger charge is 2.16. The first-order valence-electron chi connectivity index (χ1n) is 6.05. The highest BCUT2D eigenvalue weighted by atomic mass is 79.9. The number of rotatable bonds is 4. The van der Waals surface area contributed by atoms with Gasteiger partial charge in [-0.25, -0.2) is 4.39 Å². The van der Waals surface area contributed by atoms with Crippen LogP contribution in [0.2, 0.25) is 5.02 Å². The molecular formula is C15H14BrClFNO. The van der Waals surface area contributed by atoms with Gasteiger partial charge < -0.3 is 10.5 Å². The quantitative estimate of drug-likeness (QED) is 0.874. The molecule has 106 valence electrons.